The van der Waals surface area contributed by atoms with Crippen molar-refractivity contribution in [1.82, 2.24) is 19.4 Å². The summed E-state index contributed by atoms with van der Waals surface area (Å²) >= 11 is 3.48. The van der Waals surface area contributed by atoms with Gasteiger partial charge in [0.2, 0.25) is 5.78 Å². The third kappa shape index (κ3) is 2.58. The Labute approximate surface area is 147 Å². The highest BCUT2D eigenvalue weighted by atomic mass is 79.9. The van der Waals surface area contributed by atoms with Crippen LogP contribution in [0, 0.1) is 13.8 Å². The van der Waals surface area contributed by atoms with Crippen molar-refractivity contribution in [1.29, 1.82) is 0 Å². The molecule has 0 aromatic carbocycles. The number of pyridine rings is 1. The quantitative estimate of drug-likeness (QED) is 0.643. The Morgan fingerprint density at radius 3 is 2.88 bits per heavy atom. The molecule has 0 bridgehead atoms. The summed E-state index contributed by atoms with van der Waals surface area (Å²) in [5.74, 6) is 1.32. The van der Waals surface area contributed by atoms with Crippen molar-refractivity contribution in [2.24, 2.45) is 0 Å². The van der Waals surface area contributed by atoms with Crippen molar-refractivity contribution in [2.45, 2.75) is 26.8 Å². The zero-order chi connectivity index (χ0) is 16.8. The second kappa shape index (κ2) is 5.66. The van der Waals surface area contributed by atoms with Crippen LogP contribution in [0.3, 0.4) is 0 Å². The van der Waals surface area contributed by atoms with E-state index in [1.165, 1.54) is 16.0 Å². The van der Waals surface area contributed by atoms with Gasteiger partial charge in [-0.2, -0.15) is 4.98 Å². The first-order valence-electron chi connectivity index (χ1n) is 7.77. The van der Waals surface area contributed by atoms with Gasteiger partial charge in [0, 0.05) is 59.4 Å². The van der Waals surface area contributed by atoms with E-state index in [2.05, 4.69) is 41.8 Å². The first-order valence-corrected chi connectivity index (χ1v) is 8.56. The molecule has 4 rings (SSSR count). The van der Waals surface area contributed by atoms with E-state index < -0.39 is 0 Å². The molecule has 122 valence electrons. The van der Waals surface area contributed by atoms with Gasteiger partial charge in [-0.3, -0.25) is 14.2 Å². The fourth-order valence-electron chi connectivity index (χ4n) is 3.12. The number of halogens is 1. The summed E-state index contributed by atoms with van der Waals surface area (Å²) in [6, 6.07) is 3.63. The van der Waals surface area contributed by atoms with Crippen molar-refractivity contribution >= 4 is 27.5 Å². The molecule has 7 heteroatoms. The Balaban J connectivity index is 1.79. The molecular formula is C17H16BrN5O. The standard InChI is InChI=1S/C17H16BrN5O/c1-10-8-23-15(24)5-11(2)20-17(23)21-16(10)22-4-3-14-12(9-22)6-13(18)7-19-14/h5-8H,3-4,9H2,1-2H3. The summed E-state index contributed by atoms with van der Waals surface area (Å²) in [5.41, 5.74) is 3.88. The maximum Gasteiger partial charge on any atom is 0.259 e. The first kappa shape index (κ1) is 15.3. The van der Waals surface area contributed by atoms with E-state index in [1.54, 1.807) is 0 Å². The van der Waals surface area contributed by atoms with Crippen LogP contribution >= 0.6 is 15.9 Å². The van der Waals surface area contributed by atoms with Crippen LogP contribution in [0.2, 0.25) is 0 Å². The number of anilines is 1. The normalized spacial score (nSPS) is 14.0. The monoisotopic (exact) mass is 385 g/mol. The Morgan fingerprint density at radius 2 is 2.04 bits per heavy atom. The van der Waals surface area contributed by atoms with Crippen LogP contribution in [0.4, 0.5) is 5.82 Å². The Hall–Kier alpha value is -2.28. The minimum Gasteiger partial charge on any atom is -0.351 e. The fraction of sp³-hybridized carbons (Fsp3) is 0.294. The lowest BCUT2D eigenvalue weighted by Crippen LogP contribution is -2.32. The molecule has 4 heterocycles. The molecule has 6 nitrogen and oxygen atoms in total. The van der Waals surface area contributed by atoms with Gasteiger partial charge in [-0.25, -0.2) is 4.98 Å². The summed E-state index contributed by atoms with van der Waals surface area (Å²) in [5, 5.41) is 0. The number of hydrogen-bond donors (Lipinski definition) is 0. The third-order valence-corrected chi connectivity index (χ3v) is 4.68. The van der Waals surface area contributed by atoms with Crippen LogP contribution in [0.5, 0.6) is 0 Å². The lowest BCUT2D eigenvalue weighted by Gasteiger charge is -2.30. The highest BCUT2D eigenvalue weighted by Gasteiger charge is 2.21. The van der Waals surface area contributed by atoms with E-state index in [9.17, 15) is 4.79 Å². The summed E-state index contributed by atoms with van der Waals surface area (Å²) < 4.78 is 2.48. The minimum absolute atomic E-state index is 0.100. The van der Waals surface area contributed by atoms with Gasteiger partial charge in [0.05, 0.1) is 0 Å². The van der Waals surface area contributed by atoms with Crippen LogP contribution < -0.4 is 10.5 Å². The molecule has 0 atom stereocenters. The number of nitrogens with zero attached hydrogens (tertiary/aromatic N) is 5. The van der Waals surface area contributed by atoms with Gasteiger partial charge in [0.1, 0.15) is 5.82 Å². The van der Waals surface area contributed by atoms with Crippen molar-refractivity contribution < 1.29 is 0 Å². The molecule has 0 fully saturated rings. The predicted molar refractivity (Wildman–Crippen MR) is 95.4 cm³/mol. The first-order chi connectivity index (χ1) is 11.5. The van der Waals surface area contributed by atoms with Crippen molar-refractivity contribution in [2.75, 3.05) is 11.4 Å². The van der Waals surface area contributed by atoms with Crippen LogP contribution in [0.15, 0.2) is 33.8 Å². The van der Waals surface area contributed by atoms with Crippen LogP contribution in [-0.4, -0.2) is 25.9 Å². The smallest absolute Gasteiger partial charge is 0.259 e. The second-order valence-electron chi connectivity index (χ2n) is 6.08. The van der Waals surface area contributed by atoms with E-state index in [-0.39, 0.29) is 5.56 Å². The average Bonchev–Trinajstić information content (AvgIpc) is 2.54. The molecule has 0 saturated heterocycles. The summed E-state index contributed by atoms with van der Waals surface area (Å²) in [6.45, 7) is 5.38. The maximum absolute atomic E-state index is 12.1. The summed E-state index contributed by atoms with van der Waals surface area (Å²) in [6.07, 6.45) is 4.54. The maximum atomic E-state index is 12.1. The van der Waals surface area contributed by atoms with Crippen LogP contribution in [-0.2, 0) is 13.0 Å². The molecule has 0 aliphatic carbocycles. The second-order valence-corrected chi connectivity index (χ2v) is 7.00. The van der Waals surface area contributed by atoms with E-state index >= 15 is 0 Å². The van der Waals surface area contributed by atoms with Gasteiger partial charge < -0.3 is 4.90 Å². The van der Waals surface area contributed by atoms with Gasteiger partial charge in [-0.05, 0) is 41.4 Å². The molecule has 0 spiro atoms. The van der Waals surface area contributed by atoms with E-state index in [0.29, 0.717) is 11.5 Å². The van der Waals surface area contributed by atoms with Crippen molar-refractivity contribution in [3.8, 4) is 0 Å². The highest BCUT2D eigenvalue weighted by molar-refractivity contribution is 9.10. The van der Waals surface area contributed by atoms with E-state index in [0.717, 1.165) is 41.1 Å². The molecule has 0 saturated carbocycles. The lowest BCUT2D eigenvalue weighted by atomic mass is 10.1. The van der Waals surface area contributed by atoms with Crippen LogP contribution in [0.1, 0.15) is 22.5 Å². The number of aromatic nitrogens is 4. The van der Waals surface area contributed by atoms with Gasteiger partial charge in [-0.15, -0.1) is 0 Å². The Kier molecular flexibility index (Phi) is 3.60. The number of fused-ring (bicyclic) bond motifs is 2. The van der Waals surface area contributed by atoms with Gasteiger partial charge in [0.15, 0.2) is 0 Å². The summed E-state index contributed by atoms with van der Waals surface area (Å²) in [7, 11) is 0. The molecule has 0 amide bonds. The zero-order valence-electron chi connectivity index (χ0n) is 13.5. The Bertz CT molecular complexity index is 1010. The fourth-order valence-corrected chi connectivity index (χ4v) is 3.50. The van der Waals surface area contributed by atoms with Gasteiger partial charge >= 0.3 is 0 Å². The zero-order valence-corrected chi connectivity index (χ0v) is 15.0. The predicted octanol–water partition coefficient (Wildman–Crippen LogP) is 2.43. The summed E-state index contributed by atoms with van der Waals surface area (Å²) in [4.78, 5) is 27.9. The van der Waals surface area contributed by atoms with Crippen molar-refractivity contribution in [3.05, 3.63) is 61.9 Å². The SMILES string of the molecule is Cc1cc(=O)n2cc(C)c(N3CCc4ncc(Br)cc4C3)nc2n1. The molecule has 0 radical (unpaired) electrons. The molecule has 0 unspecified atom stereocenters. The Morgan fingerprint density at radius 1 is 1.21 bits per heavy atom. The molecule has 24 heavy (non-hydrogen) atoms. The molecular weight excluding hydrogens is 370 g/mol. The molecule has 0 N–H and O–H groups in total. The molecule has 3 aromatic rings. The number of aryl methyl sites for hydroxylation is 2. The third-order valence-electron chi connectivity index (χ3n) is 4.25. The van der Waals surface area contributed by atoms with E-state index in [4.69, 9.17) is 0 Å². The topological polar surface area (TPSA) is 63.4 Å². The highest BCUT2D eigenvalue weighted by Crippen LogP contribution is 2.26. The lowest BCUT2D eigenvalue weighted by molar-refractivity contribution is 0.697. The number of hydrogen-bond acceptors (Lipinski definition) is 5. The van der Waals surface area contributed by atoms with Crippen molar-refractivity contribution in [3.63, 3.8) is 0 Å². The van der Waals surface area contributed by atoms with E-state index in [1.807, 2.05) is 26.2 Å². The largest absolute Gasteiger partial charge is 0.351 e. The number of rotatable bonds is 1. The van der Waals surface area contributed by atoms with Crippen LogP contribution in [0.25, 0.3) is 5.78 Å². The molecule has 1 aliphatic rings. The minimum atomic E-state index is -0.100. The molecule has 3 aromatic heterocycles. The van der Waals surface area contributed by atoms with Gasteiger partial charge in [-0.1, -0.05) is 0 Å². The molecule has 1 aliphatic heterocycles. The van der Waals surface area contributed by atoms with Gasteiger partial charge in [0.25, 0.3) is 5.56 Å². The average molecular weight is 386 g/mol.